The van der Waals surface area contributed by atoms with Crippen LogP contribution in [0.15, 0.2) is 200 Å². The Bertz CT molecular complexity index is 2870. The lowest BCUT2D eigenvalue weighted by Crippen LogP contribution is -2.14. The molecule has 0 fully saturated rings. The average Bonchev–Trinajstić information content (AvgIpc) is 3.69. The van der Waals surface area contributed by atoms with Gasteiger partial charge in [0, 0.05) is 21.9 Å². The van der Waals surface area contributed by atoms with Crippen LogP contribution in [0.4, 0.5) is 0 Å². The molecule has 1 aromatic heterocycles. The second-order valence-corrected chi connectivity index (χ2v) is 16.0. The van der Waals surface area contributed by atoms with Crippen LogP contribution in [0.2, 0.25) is 0 Å². The van der Waals surface area contributed by atoms with E-state index in [9.17, 15) is 0 Å². The minimum Gasteiger partial charge on any atom is -0.309 e. The molecule has 10 rings (SSSR count). The first-order valence-corrected chi connectivity index (χ1v) is 20.1. The molecule has 1 heterocycles. The third-order valence-corrected chi connectivity index (χ3v) is 11.6. The molecule has 1 heteroatoms. The number of hydrogen-bond donors (Lipinski definition) is 0. The Morgan fingerprint density at radius 1 is 0.491 bits per heavy atom. The lowest BCUT2D eigenvalue weighted by molar-refractivity contribution is 0.661. The van der Waals surface area contributed by atoms with Crippen LogP contribution in [0.3, 0.4) is 0 Å². The molecule has 0 bridgehead atoms. The second-order valence-electron chi connectivity index (χ2n) is 16.0. The van der Waals surface area contributed by atoms with Crippen LogP contribution in [-0.2, 0) is 11.8 Å². The van der Waals surface area contributed by atoms with E-state index in [2.05, 4.69) is 226 Å². The number of rotatable bonds is 6. The first-order chi connectivity index (χ1) is 27.8. The number of hydrogen-bond acceptors (Lipinski definition) is 0. The van der Waals surface area contributed by atoms with Crippen molar-refractivity contribution in [1.82, 2.24) is 4.57 Å². The summed E-state index contributed by atoms with van der Waals surface area (Å²) in [5, 5.41) is 2.58. The number of allylic oxidation sites excluding steroid dienone is 1. The van der Waals surface area contributed by atoms with Gasteiger partial charge in [-0.05, 0) is 112 Å². The molecule has 0 spiro atoms. The highest BCUT2D eigenvalue weighted by Gasteiger charge is 2.36. The van der Waals surface area contributed by atoms with E-state index in [0.717, 1.165) is 6.42 Å². The topological polar surface area (TPSA) is 4.93 Å². The number of aryl methyl sites for hydroxylation is 1. The maximum Gasteiger partial charge on any atom is 0.0544 e. The van der Waals surface area contributed by atoms with Gasteiger partial charge in [0.2, 0.25) is 0 Å². The van der Waals surface area contributed by atoms with Crippen LogP contribution in [0, 0.1) is 6.92 Å². The van der Waals surface area contributed by atoms with Crippen LogP contribution >= 0.6 is 0 Å². The predicted octanol–water partition coefficient (Wildman–Crippen LogP) is 15.1. The Balaban J connectivity index is 0.000000222. The van der Waals surface area contributed by atoms with Crippen molar-refractivity contribution in [2.24, 2.45) is 0 Å². The summed E-state index contributed by atoms with van der Waals surface area (Å²) in [5.74, 6) is 0. The summed E-state index contributed by atoms with van der Waals surface area (Å²) >= 11 is 0. The van der Waals surface area contributed by atoms with Gasteiger partial charge in [0.05, 0.1) is 11.0 Å². The summed E-state index contributed by atoms with van der Waals surface area (Å²) < 4.78 is 2.47. The molecule has 0 saturated heterocycles. The fraction of sp³-hybridized carbons (Fsp3) is 0.107. The molecule has 1 aliphatic carbocycles. The van der Waals surface area contributed by atoms with Gasteiger partial charge in [-0.15, -0.1) is 0 Å². The molecule has 0 amide bonds. The van der Waals surface area contributed by atoms with Crippen molar-refractivity contribution in [1.29, 1.82) is 0 Å². The average molecular weight is 734 g/mol. The van der Waals surface area contributed by atoms with E-state index in [-0.39, 0.29) is 5.41 Å². The highest BCUT2D eigenvalue weighted by molar-refractivity contribution is 6.12. The summed E-state index contributed by atoms with van der Waals surface area (Å²) in [6.07, 6.45) is 3.27. The predicted molar refractivity (Wildman–Crippen MR) is 244 cm³/mol. The molecule has 0 atom stereocenters. The smallest absolute Gasteiger partial charge is 0.0544 e. The molecule has 0 aliphatic heterocycles. The largest absolute Gasteiger partial charge is 0.309 e. The Kier molecular flexibility index (Phi) is 9.52. The van der Waals surface area contributed by atoms with Crippen molar-refractivity contribution >= 4 is 27.9 Å². The number of aromatic nitrogens is 1. The minimum absolute atomic E-state index is 0.0552. The molecule has 1 aliphatic rings. The maximum absolute atomic E-state index is 2.47. The SMILES string of the molecule is C/C(=C\c1ccccc1)Cc1ccccc1.Cc1ccc(-c2ccc3c(c2)c2cc4c(cc2n3-c2cccc(-c3ccccc3)c2)C(C)(C)c2ccccc2-4)cc1. The molecule has 0 radical (unpaired) electrons. The number of nitrogens with zero attached hydrogens (tertiary/aromatic N) is 1. The fourth-order valence-electron chi connectivity index (χ4n) is 8.68. The summed E-state index contributed by atoms with van der Waals surface area (Å²) in [4.78, 5) is 0. The molecule has 9 aromatic rings. The zero-order valence-electron chi connectivity index (χ0n) is 33.2. The minimum atomic E-state index is -0.0552. The van der Waals surface area contributed by atoms with Gasteiger partial charge in [0.25, 0.3) is 0 Å². The number of benzene rings is 8. The molecule has 0 saturated carbocycles. The van der Waals surface area contributed by atoms with E-state index in [1.54, 1.807) is 0 Å². The Labute approximate surface area is 337 Å². The van der Waals surface area contributed by atoms with Crippen LogP contribution in [0.1, 0.15) is 48.6 Å². The summed E-state index contributed by atoms with van der Waals surface area (Å²) in [6, 6.07) is 70.3. The lowest BCUT2D eigenvalue weighted by Gasteiger charge is -2.21. The molecular formula is C56H47N. The summed E-state index contributed by atoms with van der Waals surface area (Å²) in [7, 11) is 0. The van der Waals surface area contributed by atoms with E-state index in [1.165, 1.54) is 94.3 Å². The monoisotopic (exact) mass is 733 g/mol. The van der Waals surface area contributed by atoms with Crippen molar-refractivity contribution in [2.45, 2.75) is 39.5 Å². The van der Waals surface area contributed by atoms with E-state index < -0.39 is 0 Å². The first kappa shape index (κ1) is 36.0. The first-order valence-electron chi connectivity index (χ1n) is 20.1. The van der Waals surface area contributed by atoms with Crippen LogP contribution in [-0.4, -0.2) is 4.57 Å². The van der Waals surface area contributed by atoms with Gasteiger partial charge in [-0.25, -0.2) is 0 Å². The van der Waals surface area contributed by atoms with Gasteiger partial charge >= 0.3 is 0 Å². The van der Waals surface area contributed by atoms with Crippen molar-refractivity contribution in [3.8, 4) is 39.1 Å². The Morgan fingerprint density at radius 2 is 1.09 bits per heavy atom. The van der Waals surface area contributed by atoms with Crippen LogP contribution in [0.5, 0.6) is 0 Å². The molecular weight excluding hydrogens is 687 g/mol. The zero-order valence-corrected chi connectivity index (χ0v) is 33.2. The third-order valence-electron chi connectivity index (χ3n) is 11.6. The van der Waals surface area contributed by atoms with Gasteiger partial charge in [0.15, 0.2) is 0 Å². The Morgan fingerprint density at radius 3 is 1.84 bits per heavy atom. The van der Waals surface area contributed by atoms with Gasteiger partial charge in [0.1, 0.15) is 0 Å². The third kappa shape index (κ3) is 7.03. The lowest BCUT2D eigenvalue weighted by atomic mass is 9.82. The van der Waals surface area contributed by atoms with Gasteiger partial charge in [-0.2, -0.15) is 0 Å². The van der Waals surface area contributed by atoms with Gasteiger partial charge in [-0.3, -0.25) is 0 Å². The normalized spacial score (nSPS) is 12.9. The van der Waals surface area contributed by atoms with Crippen LogP contribution < -0.4 is 0 Å². The Hall–Kier alpha value is -6.70. The molecule has 276 valence electrons. The van der Waals surface area contributed by atoms with Crippen molar-refractivity contribution < 1.29 is 0 Å². The van der Waals surface area contributed by atoms with Gasteiger partial charge in [-0.1, -0.05) is 189 Å². The number of fused-ring (bicyclic) bond motifs is 6. The van der Waals surface area contributed by atoms with E-state index in [0.29, 0.717) is 0 Å². The molecule has 0 N–H and O–H groups in total. The van der Waals surface area contributed by atoms with Crippen LogP contribution in [0.25, 0.3) is 66.9 Å². The van der Waals surface area contributed by atoms with E-state index in [4.69, 9.17) is 0 Å². The van der Waals surface area contributed by atoms with E-state index in [1.807, 2.05) is 6.07 Å². The summed E-state index contributed by atoms with van der Waals surface area (Å²) in [6.45, 7) is 9.05. The molecule has 8 aromatic carbocycles. The molecule has 0 unspecified atom stereocenters. The molecule has 1 nitrogen and oxygen atoms in total. The van der Waals surface area contributed by atoms with Gasteiger partial charge < -0.3 is 4.57 Å². The quantitative estimate of drug-likeness (QED) is 0.160. The highest BCUT2D eigenvalue weighted by Crippen LogP contribution is 2.51. The standard InChI is InChI=1S/C40H31N.C16H16/c1-26-16-18-28(19-17-26)30-20-21-38-34(23-30)35-24-33-32-14-7-8-15-36(32)40(2,3)37(33)25-39(35)41(38)31-13-9-12-29(22-31)27-10-5-4-6-11-27;1-14(12-15-8-4-2-5-9-15)13-16-10-6-3-7-11-16/h4-25H,1-3H3;2-12H,13H2,1H3/b;14-12+. The highest BCUT2D eigenvalue weighted by atomic mass is 15.0. The zero-order chi connectivity index (χ0) is 38.9. The molecule has 57 heavy (non-hydrogen) atoms. The summed E-state index contributed by atoms with van der Waals surface area (Å²) in [5.41, 5.74) is 19.4. The van der Waals surface area contributed by atoms with Crippen molar-refractivity contribution in [3.63, 3.8) is 0 Å². The fourth-order valence-corrected chi connectivity index (χ4v) is 8.68. The second kappa shape index (κ2) is 15.1. The van der Waals surface area contributed by atoms with Crippen molar-refractivity contribution in [2.75, 3.05) is 0 Å². The maximum atomic E-state index is 2.47. The van der Waals surface area contributed by atoms with Crippen molar-refractivity contribution in [3.05, 3.63) is 228 Å². The van der Waals surface area contributed by atoms with E-state index >= 15 is 0 Å².